The van der Waals surface area contributed by atoms with Crippen LogP contribution in [0.5, 0.6) is 11.5 Å². The van der Waals surface area contributed by atoms with Crippen LogP contribution in [0.2, 0.25) is 5.02 Å². The number of benzene rings is 2. The molecule has 3 rings (SSSR count). The summed E-state index contributed by atoms with van der Waals surface area (Å²) >= 11 is 6.10. The van der Waals surface area contributed by atoms with Gasteiger partial charge in [-0.1, -0.05) is 11.6 Å². The fraction of sp³-hybridized carbons (Fsp3) is 0.133. The summed E-state index contributed by atoms with van der Waals surface area (Å²) in [5.74, 6) is 0.903. The summed E-state index contributed by atoms with van der Waals surface area (Å²) in [7, 11) is -3.83. The van der Waals surface area contributed by atoms with Crippen molar-refractivity contribution < 1.29 is 17.9 Å². The van der Waals surface area contributed by atoms with Gasteiger partial charge in [0.1, 0.15) is 13.2 Å². The average Bonchev–Trinajstić information content (AvgIpc) is 2.55. The molecule has 0 spiro atoms. The van der Waals surface area contributed by atoms with Crippen molar-refractivity contribution in [2.24, 2.45) is 0 Å². The third kappa shape index (κ3) is 3.18. The highest BCUT2D eigenvalue weighted by Crippen LogP contribution is 2.38. The number of anilines is 1. The van der Waals surface area contributed by atoms with E-state index in [4.69, 9.17) is 26.3 Å². The normalized spacial score (nSPS) is 13.2. The van der Waals surface area contributed by atoms with E-state index in [2.05, 4.69) is 4.72 Å². The van der Waals surface area contributed by atoms with Crippen LogP contribution in [0.4, 0.5) is 5.69 Å². The minimum atomic E-state index is -3.83. The molecule has 2 aromatic carbocycles. The molecular weight excluding hydrogens is 340 g/mol. The highest BCUT2D eigenvalue weighted by Gasteiger charge is 2.20. The van der Waals surface area contributed by atoms with E-state index in [0.29, 0.717) is 30.3 Å². The zero-order chi connectivity index (χ0) is 16.4. The predicted molar refractivity (Wildman–Crippen MR) is 84.4 cm³/mol. The van der Waals surface area contributed by atoms with Gasteiger partial charge in [0.25, 0.3) is 10.0 Å². The molecule has 1 heterocycles. The Balaban J connectivity index is 1.92. The summed E-state index contributed by atoms with van der Waals surface area (Å²) in [5, 5.41) is 8.96. The van der Waals surface area contributed by atoms with Crippen LogP contribution in [0, 0.1) is 11.3 Å². The van der Waals surface area contributed by atoms with Gasteiger partial charge >= 0.3 is 0 Å². The molecule has 118 valence electrons. The van der Waals surface area contributed by atoms with Gasteiger partial charge in [-0.2, -0.15) is 5.26 Å². The summed E-state index contributed by atoms with van der Waals surface area (Å²) in [6, 6.07) is 10.5. The minimum absolute atomic E-state index is 0.0301. The molecule has 0 aromatic heterocycles. The van der Waals surface area contributed by atoms with E-state index in [0.717, 1.165) is 0 Å². The summed E-state index contributed by atoms with van der Waals surface area (Å²) < 4.78 is 38.0. The van der Waals surface area contributed by atoms with E-state index >= 15 is 0 Å². The maximum Gasteiger partial charge on any atom is 0.261 e. The largest absolute Gasteiger partial charge is 0.486 e. The van der Waals surface area contributed by atoms with Crippen molar-refractivity contribution in [3.63, 3.8) is 0 Å². The topological polar surface area (TPSA) is 88.4 Å². The zero-order valence-corrected chi connectivity index (χ0v) is 13.3. The number of nitrogens with one attached hydrogen (secondary N) is 1. The van der Waals surface area contributed by atoms with Gasteiger partial charge in [-0.25, -0.2) is 8.42 Å². The van der Waals surface area contributed by atoms with Crippen molar-refractivity contribution in [3.8, 4) is 17.6 Å². The van der Waals surface area contributed by atoms with E-state index in [-0.39, 0.29) is 15.6 Å². The lowest BCUT2D eigenvalue weighted by Crippen LogP contribution is -2.17. The third-order valence-electron chi connectivity index (χ3n) is 3.17. The number of halogens is 1. The summed E-state index contributed by atoms with van der Waals surface area (Å²) in [6.07, 6.45) is 0. The summed E-state index contributed by atoms with van der Waals surface area (Å²) in [6.45, 7) is 0.802. The van der Waals surface area contributed by atoms with Crippen LogP contribution >= 0.6 is 11.6 Å². The second kappa shape index (κ2) is 5.99. The average molecular weight is 351 g/mol. The molecule has 6 nitrogen and oxygen atoms in total. The first-order chi connectivity index (χ1) is 11.0. The van der Waals surface area contributed by atoms with Gasteiger partial charge in [-0.3, -0.25) is 4.72 Å². The third-order valence-corrected chi connectivity index (χ3v) is 4.86. The molecule has 0 fully saturated rings. The molecule has 0 saturated heterocycles. The molecule has 0 radical (unpaired) electrons. The standard InChI is InChI=1S/C15H11ClN2O4S/c16-12-7-14-15(22-6-5-21-14)8-13(12)18-23(19,20)11-3-1-10(9-17)2-4-11/h1-4,7-8,18H,5-6H2. The Labute approximate surface area is 138 Å². The molecule has 2 aromatic rings. The van der Waals surface area contributed by atoms with Crippen molar-refractivity contribution >= 4 is 27.3 Å². The highest BCUT2D eigenvalue weighted by atomic mass is 35.5. The maximum atomic E-state index is 12.4. The first kappa shape index (κ1) is 15.5. The SMILES string of the molecule is N#Cc1ccc(S(=O)(=O)Nc2cc3c(cc2Cl)OCCO3)cc1. The zero-order valence-electron chi connectivity index (χ0n) is 11.7. The number of sulfonamides is 1. The van der Waals surface area contributed by atoms with Crippen LogP contribution in [0.3, 0.4) is 0 Å². The number of fused-ring (bicyclic) bond motifs is 1. The molecule has 23 heavy (non-hydrogen) atoms. The molecule has 1 aliphatic heterocycles. The van der Waals surface area contributed by atoms with Crippen LogP contribution in [0.25, 0.3) is 0 Å². The van der Waals surface area contributed by atoms with Crippen LogP contribution in [0.1, 0.15) is 5.56 Å². The van der Waals surface area contributed by atoms with E-state index in [9.17, 15) is 8.42 Å². The van der Waals surface area contributed by atoms with Crippen LogP contribution in [-0.2, 0) is 10.0 Å². The van der Waals surface area contributed by atoms with Crippen molar-refractivity contribution in [2.75, 3.05) is 17.9 Å². The molecule has 0 unspecified atom stereocenters. The van der Waals surface area contributed by atoms with Crippen molar-refractivity contribution in [3.05, 3.63) is 47.0 Å². The highest BCUT2D eigenvalue weighted by molar-refractivity contribution is 7.92. The van der Waals surface area contributed by atoms with Gasteiger partial charge in [0.2, 0.25) is 0 Å². The molecule has 1 aliphatic rings. The van der Waals surface area contributed by atoms with Gasteiger partial charge in [0, 0.05) is 12.1 Å². The Morgan fingerprint density at radius 3 is 2.30 bits per heavy atom. The lowest BCUT2D eigenvalue weighted by atomic mass is 10.2. The fourth-order valence-electron chi connectivity index (χ4n) is 2.05. The number of hydrogen-bond donors (Lipinski definition) is 1. The molecular formula is C15H11ClN2O4S. The van der Waals surface area contributed by atoms with E-state index in [1.807, 2.05) is 6.07 Å². The molecule has 0 bridgehead atoms. The van der Waals surface area contributed by atoms with Gasteiger partial charge in [-0.05, 0) is 24.3 Å². The summed E-state index contributed by atoms with van der Waals surface area (Å²) in [4.78, 5) is 0.0301. The second-order valence-electron chi connectivity index (χ2n) is 4.72. The number of ether oxygens (including phenoxy) is 2. The Morgan fingerprint density at radius 2 is 1.70 bits per heavy atom. The fourth-order valence-corrected chi connectivity index (χ4v) is 3.38. The molecule has 0 amide bonds. The smallest absolute Gasteiger partial charge is 0.261 e. The quantitative estimate of drug-likeness (QED) is 0.919. The number of nitrogens with zero attached hydrogens (tertiary/aromatic N) is 1. The Morgan fingerprint density at radius 1 is 1.09 bits per heavy atom. The molecule has 0 atom stereocenters. The number of rotatable bonds is 3. The monoisotopic (exact) mass is 350 g/mol. The Bertz CT molecular complexity index is 889. The predicted octanol–water partition coefficient (Wildman–Crippen LogP) is 2.78. The van der Waals surface area contributed by atoms with Crippen molar-refractivity contribution in [1.82, 2.24) is 0 Å². The van der Waals surface area contributed by atoms with Gasteiger partial charge in [0.05, 0.1) is 27.2 Å². The molecule has 1 N–H and O–H groups in total. The van der Waals surface area contributed by atoms with E-state index in [1.165, 1.54) is 36.4 Å². The van der Waals surface area contributed by atoms with E-state index < -0.39 is 10.0 Å². The number of nitriles is 1. The molecule has 8 heteroatoms. The van der Waals surface area contributed by atoms with Crippen molar-refractivity contribution in [2.45, 2.75) is 4.90 Å². The Kier molecular flexibility index (Phi) is 4.03. The maximum absolute atomic E-state index is 12.4. The summed E-state index contributed by atoms with van der Waals surface area (Å²) in [5.41, 5.74) is 0.571. The first-order valence-corrected chi connectivity index (χ1v) is 8.48. The van der Waals surface area contributed by atoms with Gasteiger partial charge in [0.15, 0.2) is 11.5 Å². The minimum Gasteiger partial charge on any atom is -0.486 e. The van der Waals surface area contributed by atoms with Crippen molar-refractivity contribution in [1.29, 1.82) is 5.26 Å². The van der Waals surface area contributed by atoms with Gasteiger partial charge < -0.3 is 9.47 Å². The molecule has 0 saturated carbocycles. The second-order valence-corrected chi connectivity index (χ2v) is 6.81. The van der Waals surface area contributed by atoms with Crippen LogP contribution < -0.4 is 14.2 Å². The van der Waals surface area contributed by atoms with Gasteiger partial charge in [-0.15, -0.1) is 0 Å². The van der Waals surface area contributed by atoms with Crippen LogP contribution in [-0.4, -0.2) is 21.6 Å². The molecule has 0 aliphatic carbocycles. The van der Waals surface area contributed by atoms with Crippen LogP contribution in [0.15, 0.2) is 41.3 Å². The first-order valence-electron chi connectivity index (χ1n) is 6.62. The number of hydrogen-bond acceptors (Lipinski definition) is 5. The lowest BCUT2D eigenvalue weighted by Gasteiger charge is -2.20. The Hall–Kier alpha value is -2.43. The lowest BCUT2D eigenvalue weighted by molar-refractivity contribution is 0.171. The van der Waals surface area contributed by atoms with E-state index in [1.54, 1.807) is 0 Å².